The van der Waals surface area contributed by atoms with Crippen molar-refractivity contribution in [2.45, 2.75) is 52.0 Å². The minimum atomic E-state index is 0.138. The van der Waals surface area contributed by atoms with Gasteiger partial charge in [0.05, 0.1) is 12.4 Å². The second kappa shape index (κ2) is 8.15. The molecule has 1 heterocycles. The van der Waals surface area contributed by atoms with Gasteiger partial charge in [0.25, 0.3) is 0 Å². The van der Waals surface area contributed by atoms with Crippen molar-refractivity contribution in [3.8, 4) is 0 Å². The van der Waals surface area contributed by atoms with Crippen LogP contribution in [0, 0.1) is 0 Å². The maximum Gasteiger partial charge on any atom is 0.0961 e. The average Bonchev–Trinajstić information content (AvgIpc) is 2.67. The monoisotopic (exact) mass is 332 g/mol. The zero-order chi connectivity index (χ0) is 17.6. The normalized spacial score (nSPS) is 18.6. The van der Waals surface area contributed by atoms with E-state index in [0.717, 1.165) is 37.8 Å². The first-order valence-corrected chi connectivity index (χ1v) is 9.41. The van der Waals surface area contributed by atoms with Gasteiger partial charge in [0.1, 0.15) is 0 Å². The fourth-order valence-electron chi connectivity index (χ4n) is 3.65. The lowest BCUT2D eigenvalue weighted by molar-refractivity contribution is 0.442. The molecule has 0 N–H and O–H groups in total. The van der Waals surface area contributed by atoms with Crippen molar-refractivity contribution in [1.82, 2.24) is 4.90 Å². The van der Waals surface area contributed by atoms with Crippen LogP contribution in [0.1, 0.15) is 57.6 Å². The summed E-state index contributed by atoms with van der Waals surface area (Å²) in [5, 5.41) is 0. The minimum Gasteiger partial charge on any atom is -0.321 e. The van der Waals surface area contributed by atoms with Crippen LogP contribution in [0.15, 0.2) is 82.7 Å². The van der Waals surface area contributed by atoms with Gasteiger partial charge in [-0.15, -0.1) is 0 Å². The van der Waals surface area contributed by atoms with Crippen LogP contribution < -0.4 is 0 Å². The van der Waals surface area contributed by atoms with Crippen LogP contribution in [0.2, 0.25) is 0 Å². The Hall–Kier alpha value is -2.35. The predicted octanol–water partition coefficient (Wildman–Crippen LogP) is 6.33. The number of aliphatic imine (C=N–C) groups is 1. The van der Waals surface area contributed by atoms with E-state index in [9.17, 15) is 0 Å². The Labute approximate surface area is 152 Å². The predicted molar refractivity (Wildman–Crippen MR) is 107 cm³/mol. The van der Waals surface area contributed by atoms with Gasteiger partial charge in [-0.3, -0.25) is 0 Å². The summed E-state index contributed by atoms with van der Waals surface area (Å²) in [6, 6.07) is 10.8. The molecule has 1 unspecified atom stereocenters. The van der Waals surface area contributed by atoms with Crippen molar-refractivity contribution in [3.63, 3.8) is 0 Å². The van der Waals surface area contributed by atoms with E-state index >= 15 is 0 Å². The summed E-state index contributed by atoms with van der Waals surface area (Å²) >= 11 is 0. The van der Waals surface area contributed by atoms with Gasteiger partial charge >= 0.3 is 0 Å². The van der Waals surface area contributed by atoms with Crippen molar-refractivity contribution in [3.05, 3.63) is 83.2 Å². The van der Waals surface area contributed by atoms with E-state index < -0.39 is 0 Å². The van der Waals surface area contributed by atoms with Crippen molar-refractivity contribution in [2.24, 2.45) is 4.99 Å². The Bertz CT molecular complexity index is 735. The number of hydrogen-bond donors (Lipinski definition) is 0. The fraction of sp³-hybridized carbons (Fsp3) is 0.348. The molecule has 0 fully saturated rings. The molecule has 1 aromatic carbocycles. The smallest absolute Gasteiger partial charge is 0.0961 e. The summed E-state index contributed by atoms with van der Waals surface area (Å²) in [5.74, 6) is 0. The molecule has 3 rings (SSSR count). The SMILES string of the molecule is C=C1C(CCC)=C(CC)N=CN1C(C1=CCCC=C1)c1ccccc1. The number of nitrogens with zero attached hydrogens (tertiary/aromatic N) is 2. The average molecular weight is 332 g/mol. The molecule has 25 heavy (non-hydrogen) atoms. The van der Waals surface area contributed by atoms with Crippen LogP contribution in [-0.2, 0) is 0 Å². The number of hydrogen-bond acceptors (Lipinski definition) is 2. The minimum absolute atomic E-state index is 0.138. The van der Waals surface area contributed by atoms with E-state index in [1.165, 1.54) is 22.4 Å². The fourth-order valence-corrected chi connectivity index (χ4v) is 3.65. The largest absolute Gasteiger partial charge is 0.321 e. The Balaban J connectivity index is 2.01. The molecule has 0 saturated heterocycles. The van der Waals surface area contributed by atoms with Crippen LogP contribution in [0.25, 0.3) is 0 Å². The van der Waals surface area contributed by atoms with E-state index in [1.807, 2.05) is 6.34 Å². The lowest BCUT2D eigenvalue weighted by Crippen LogP contribution is -2.31. The molecule has 1 atom stereocenters. The second-order valence-corrected chi connectivity index (χ2v) is 6.62. The van der Waals surface area contributed by atoms with Gasteiger partial charge in [-0.05, 0) is 42.4 Å². The van der Waals surface area contributed by atoms with E-state index in [4.69, 9.17) is 4.99 Å². The van der Waals surface area contributed by atoms with Gasteiger partial charge in [0.2, 0.25) is 0 Å². The van der Waals surface area contributed by atoms with E-state index in [2.05, 4.69) is 73.9 Å². The zero-order valence-corrected chi connectivity index (χ0v) is 15.4. The van der Waals surface area contributed by atoms with Gasteiger partial charge in [-0.1, -0.05) is 75.4 Å². The quantitative estimate of drug-likeness (QED) is 0.594. The maximum atomic E-state index is 4.79. The summed E-state index contributed by atoms with van der Waals surface area (Å²) in [7, 11) is 0. The topological polar surface area (TPSA) is 15.6 Å². The number of rotatable bonds is 6. The summed E-state index contributed by atoms with van der Waals surface area (Å²) < 4.78 is 0. The first-order valence-electron chi connectivity index (χ1n) is 9.41. The zero-order valence-electron chi connectivity index (χ0n) is 15.4. The van der Waals surface area contributed by atoms with Crippen LogP contribution in [-0.4, -0.2) is 11.2 Å². The molecule has 130 valence electrons. The third kappa shape index (κ3) is 3.68. The molecule has 2 nitrogen and oxygen atoms in total. The molecule has 0 amide bonds. The van der Waals surface area contributed by atoms with Gasteiger partial charge in [-0.25, -0.2) is 4.99 Å². The summed E-state index contributed by atoms with van der Waals surface area (Å²) in [6.45, 7) is 8.85. The van der Waals surface area contributed by atoms with Crippen LogP contribution in [0.4, 0.5) is 0 Å². The van der Waals surface area contributed by atoms with Gasteiger partial charge in [0.15, 0.2) is 0 Å². The molecule has 0 aromatic heterocycles. The van der Waals surface area contributed by atoms with Gasteiger partial charge in [-0.2, -0.15) is 0 Å². The van der Waals surface area contributed by atoms with E-state index in [0.29, 0.717) is 0 Å². The van der Waals surface area contributed by atoms with E-state index in [1.54, 1.807) is 0 Å². The first kappa shape index (κ1) is 17.5. The number of allylic oxidation sites excluding steroid dienone is 4. The molecule has 1 aromatic rings. The second-order valence-electron chi connectivity index (χ2n) is 6.62. The molecule has 0 saturated carbocycles. The third-order valence-electron chi connectivity index (χ3n) is 4.91. The molecule has 2 heteroatoms. The summed E-state index contributed by atoms with van der Waals surface area (Å²) in [4.78, 5) is 7.05. The first-order chi connectivity index (χ1) is 12.3. The molecular formula is C23H28N2. The number of benzene rings is 1. The van der Waals surface area contributed by atoms with Crippen molar-refractivity contribution in [2.75, 3.05) is 0 Å². The molecule has 0 radical (unpaired) electrons. The molecule has 0 bridgehead atoms. The Morgan fingerprint density at radius 3 is 2.60 bits per heavy atom. The van der Waals surface area contributed by atoms with Crippen LogP contribution in [0.3, 0.4) is 0 Å². The lowest BCUT2D eigenvalue weighted by Gasteiger charge is -2.37. The highest BCUT2D eigenvalue weighted by molar-refractivity contribution is 5.68. The molecule has 2 aliphatic rings. The van der Waals surface area contributed by atoms with E-state index in [-0.39, 0.29) is 6.04 Å². The molecule has 1 aliphatic heterocycles. The third-order valence-corrected chi connectivity index (χ3v) is 4.91. The van der Waals surface area contributed by atoms with Crippen molar-refractivity contribution >= 4 is 6.34 Å². The van der Waals surface area contributed by atoms with Gasteiger partial charge < -0.3 is 4.90 Å². The summed E-state index contributed by atoms with van der Waals surface area (Å²) in [6.07, 6.45) is 14.2. The van der Waals surface area contributed by atoms with Crippen molar-refractivity contribution < 1.29 is 0 Å². The van der Waals surface area contributed by atoms with Crippen LogP contribution >= 0.6 is 0 Å². The van der Waals surface area contributed by atoms with Crippen molar-refractivity contribution in [1.29, 1.82) is 0 Å². The maximum absolute atomic E-state index is 4.79. The molecule has 0 spiro atoms. The molecule has 1 aliphatic carbocycles. The Morgan fingerprint density at radius 2 is 1.96 bits per heavy atom. The highest BCUT2D eigenvalue weighted by atomic mass is 15.2. The Morgan fingerprint density at radius 1 is 1.16 bits per heavy atom. The standard InChI is InChI=1S/C23H28N2/c1-4-12-21-18(3)25(17-24-22(21)5-2)23(19-13-8-6-9-14-19)20-15-10-7-11-16-20/h6,8-10,13-17,23H,3-5,7,11-12H2,1-2H3. The summed E-state index contributed by atoms with van der Waals surface area (Å²) in [5.41, 5.74) is 6.21. The van der Waals surface area contributed by atoms with Crippen LogP contribution in [0.5, 0.6) is 0 Å². The molecular weight excluding hydrogens is 304 g/mol. The highest BCUT2D eigenvalue weighted by Gasteiger charge is 2.28. The van der Waals surface area contributed by atoms with Gasteiger partial charge in [0, 0.05) is 11.4 Å². The Kier molecular flexibility index (Phi) is 5.70. The highest BCUT2D eigenvalue weighted by Crippen LogP contribution is 2.38. The lowest BCUT2D eigenvalue weighted by atomic mass is 9.91.